The highest BCUT2D eigenvalue weighted by atomic mass is 16.4. The van der Waals surface area contributed by atoms with Gasteiger partial charge in [0.2, 0.25) is 11.8 Å². The van der Waals surface area contributed by atoms with E-state index in [9.17, 15) is 19.2 Å². The minimum absolute atomic E-state index is 0. The van der Waals surface area contributed by atoms with Crippen molar-refractivity contribution in [1.29, 1.82) is 0 Å². The van der Waals surface area contributed by atoms with Gasteiger partial charge in [-0.25, -0.2) is 0 Å². The molecule has 0 rings (SSSR count). The van der Waals surface area contributed by atoms with E-state index in [-0.39, 0.29) is 46.9 Å². The summed E-state index contributed by atoms with van der Waals surface area (Å²) in [6.07, 6.45) is 7.80. The number of carbonyl (C=O) groups is 4. The molecule has 0 aromatic heterocycles. The largest absolute Gasteiger partial charge is 0.481 e. The number of carbonyl (C=O) groups excluding carboxylic acids is 2. The van der Waals surface area contributed by atoms with E-state index in [0.717, 1.165) is 51.4 Å². The second-order valence-electron chi connectivity index (χ2n) is 8.21. The van der Waals surface area contributed by atoms with Crippen LogP contribution in [0.25, 0.3) is 0 Å². The number of aliphatic carboxylic acids is 2. The smallest absolute Gasteiger partial charge is 0.321 e. The maximum absolute atomic E-state index is 11.7. The molecule has 2 unspecified atom stereocenters. The van der Waals surface area contributed by atoms with Crippen molar-refractivity contribution < 1.29 is 29.4 Å². The van der Waals surface area contributed by atoms with E-state index in [4.69, 9.17) is 10.2 Å². The molecule has 2 atom stereocenters. The zero-order chi connectivity index (χ0) is 26.2. The lowest BCUT2D eigenvalue weighted by molar-refractivity contribution is -0.141. The number of rotatable bonds is 20. The van der Waals surface area contributed by atoms with Gasteiger partial charge in [-0.2, -0.15) is 0 Å². The third-order valence-electron chi connectivity index (χ3n) is 4.85. The molecule has 0 aliphatic rings. The predicted molar refractivity (Wildman–Crippen MR) is 154 cm³/mol. The van der Waals surface area contributed by atoms with Gasteiger partial charge in [0, 0.05) is 13.1 Å². The van der Waals surface area contributed by atoms with Crippen LogP contribution in [-0.4, -0.2) is 72.2 Å². The molecule has 0 bridgehead atoms. The number of unbranched alkanes of at least 4 members (excludes halogenated alkanes) is 4. The van der Waals surface area contributed by atoms with E-state index in [1.54, 1.807) is 0 Å². The van der Waals surface area contributed by atoms with Crippen LogP contribution < -0.4 is 21.3 Å². The molecular weight excluding hydrogens is 476 g/mol. The van der Waals surface area contributed by atoms with Crippen molar-refractivity contribution in [2.75, 3.05) is 26.2 Å². The molecule has 6 N–H and O–H groups in total. The van der Waals surface area contributed by atoms with Crippen molar-refractivity contribution in [2.24, 2.45) is 0 Å². The third-order valence-corrected chi connectivity index (χ3v) is 4.85. The van der Waals surface area contributed by atoms with E-state index in [2.05, 4.69) is 35.1 Å². The van der Waals surface area contributed by atoms with E-state index >= 15 is 0 Å². The Balaban J connectivity index is -0.000000171. The molecule has 37 heavy (non-hydrogen) atoms. The number of carboxylic acids is 2. The summed E-state index contributed by atoms with van der Waals surface area (Å²) in [5.74, 6) is -2.33. The summed E-state index contributed by atoms with van der Waals surface area (Å²) in [7, 11) is 0. The number of nitrogens with one attached hydrogen (secondary N) is 4. The van der Waals surface area contributed by atoms with E-state index in [0.29, 0.717) is 26.2 Å². The van der Waals surface area contributed by atoms with E-state index < -0.39 is 24.0 Å². The van der Waals surface area contributed by atoms with Gasteiger partial charge >= 0.3 is 11.9 Å². The van der Waals surface area contributed by atoms with E-state index in [1.807, 2.05) is 13.8 Å². The van der Waals surface area contributed by atoms with Crippen molar-refractivity contribution in [2.45, 2.75) is 126 Å². The Hall–Kier alpha value is -2.20. The molecular formula is C27H60N4O6. The molecule has 0 fully saturated rings. The standard InChI is InChI=1S/2C12H24N2O3.3CH4/c1-3-5-6-8-14-12(17)10(9-11(15)16)13-7-4-2;1-3-5-6-8-14-11(15)9-10(12(16)17)13-7-4-2;;;/h10,13H,3-9H2,1-2H3,(H,14,17)(H,15,16);10,13H,3-9H2,1-2H3,(H,14,15)(H,16,17);3*1H4. The number of hydrogen-bond acceptors (Lipinski definition) is 6. The van der Waals surface area contributed by atoms with Crippen LogP contribution in [0.4, 0.5) is 0 Å². The van der Waals surface area contributed by atoms with Crippen LogP contribution in [0.15, 0.2) is 0 Å². The lowest BCUT2D eigenvalue weighted by Crippen LogP contribution is -2.46. The number of hydrogen-bond donors (Lipinski definition) is 6. The van der Waals surface area contributed by atoms with Gasteiger partial charge in [0.25, 0.3) is 0 Å². The molecule has 0 spiro atoms. The Morgan fingerprint density at radius 1 is 0.595 bits per heavy atom. The van der Waals surface area contributed by atoms with Crippen LogP contribution >= 0.6 is 0 Å². The topological polar surface area (TPSA) is 157 Å². The number of amides is 2. The molecule has 0 heterocycles. The van der Waals surface area contributed by atoms with Gasteiger partial charge in [0.15, 0.2) is 0 Å². The Morgan fingerprint density at radius 2 is 1.05 bits per heavy atom. The fourth-order valence-electron chi connectivity index (χ4n) is 2.89. The molecule has 0 saturated heterocycles. The predicted octanol–water partition coefficient (Wildman–Crippen LogP) is 4.18. The van der Waals surface area contributed by atoms with E-state index in [1.165, 1.54) is 0 Å². The molecule has 0 aliphatic carbocycles. The minimum atomic E-state index is -0.970. The lowest BCUT2D eigenvalue weighted by Gasteiger charge is -2.16. The Labute approximate surface area is 227 Å². The Kier molecular flexibility index (Phi) is 38.5. The van der Waals surface area contributed by atoms with Crippen LogP contribution in [0, 0.1) is 0 Å². The molecule has 2 amide bonds. The highest BCUT2D eigenvalue weighted by Crippen LogP contribution is 1.97. The summed E-state index contributed by atoms with van der Waals surface area (Å²) >= 11 is 0. The van der Waals surface area contributed by atoms with Crippen molar-refractivity contribution in [1.82, 2.24) is 21.3 Å². The molecule has 0 aromatic rings. The van der Waals surface area contributed by atoms with Gasteiger partial charge in [0.1, 0.15) is 6.04 Å². The fourth-order valence-corrected chi connectivity index (χ4v) is 2.89. The van der Waals surface area contributed by atoms with Crippen LogP contribution in [0.2, 0.25) is 0 Å². The van der Waals surface area contributed by atoms with Crippen molar-refractivity contribution in [3.63, 3.8) is 0 Å². The van der Waals surface area contributed by atoms with Gasteiger partial charge < -0.3 is 31.5 Å². The summed E-state index contributed by atoms with van der Waals surface area (Å²) in [6, 6.07) is -1.39. The van der Waals surface area contributed by atoms with Crippen LogP contribution in [0.3, 0.4) is 0 Å². The highest BCUT2D eigenvalue weighted by Gasteiger charge is 2.20. The molecule has 0 aliphatic heterocycles. The van der Waals surface area contributed by atoms with Crippen LogP contribution in [0.5, 0.6) is 0 Å². The van der Waals surface area contributed by atoms with Gasteiger partial charge in [-0.05, 0) is 38.8 Å². The molecule has 0 aromatic carbocycles. The summed E-state index contributed by atoms with van der Waals surface area (Å²) in [5.41, 5.74) is 0. The number of carboxylic acid groups (broad SMARTS) is 2. The Bertz CT molecular complexity index is 561. The summed E-state index contributed by atoms with van der Waals surface area (Å²) in [6.45, 7) is 10.6. The average Bonchev–Trinajstić information content (AvgIpc) is 2.79. The van der Waals surface area contributed by atoms with Gasteiger partial charge in [-0.3, -0.25) is 19.2 Å². The van der Waals surface area contributed by atoms with Crippen LogP contribution in [-0.2, 0) is 19.2 Å². The van der Waals surface area contributed by atoms with Crippen molar-refractivity contribution >= 4 is 23.8 Å². The molecule has 0 saturated carbocycles. The maximum Gasteiger partial charge on any atom is 0.321 e. The average molecular weight is 537 g/mol. The Morgan fingerprint density at radius 3 is 1.46 bits per heavy atom. The van der Waals surface area contributed by atoms with Crippen molar-refractivity contribution in [3.8, 4) is 0 Å². The first-order valence-corrected chi connectivity index (χ1v) is 12.7. The SMILES string of the molecule is C.C.C.CCCCCNC(=O)C(CC(=O)O)NCCC.CCCCCNC(=O)CC(NCCC)C(=O)O. The van der Waals surface area contributed by atoms with Gasteiger partial charge in [-0.1, -0.05) is 75.7 Å². The van der Waals surface area contributed by atoms with Crippen molar-refractivity contribution in [3.05, 3.63) is 0 Å². The third kappa shape index (κ3) is 29.9. The molecule has 224 valence electrons. The van der Waals surface area contributed by atoms with Gasteiger partial charge in [-0.15, -0.1) is 0 Å². The molecule has 10 nitrogen and oxygen atoms in total. The first kappa shape index (κ1) is 44.8. The molecule has 0 radical (unpaired) electrons. The first-order chi connectivity index (χ1) is 16.2. The normalized spacial score (nSPS) is 11.1. The highest BCUT2D eigenvalue weighted by molar-refractivity contribution is 5.86. The lowest BCUT2D eigenvalue weighted by atomic mass is 10.2. The van der Waals surface area contributed by atoms with Crippen LogP contribution in [0.1, 0.15) is 114 Å². The quantitative estimate of drug-likeness (QED) is 0.127. The monoisotopic (exact) mass is 536 g/mol. The maximum atomic E-state index is 11.7. The second kappa shape index (κ2) is 31.8. The van der Waals surface area contributed by atoms with Gasteiger partial charge in [0.05, 0.1) is 18.9 Å². The first-order valence-electron chi connectivity index (χ1n) is 12.7. The second-order valence-corrected chi connectivity index (χ2v) is 8.21. The fraction of sp³-hybridized carbons (Fsp3) is 0.852. The zero-order valence-electron chi connectivity index (χ0n) is 21.6. The summed E-state index contributed by atoms with van der Waals surface area (Å²) < 4.78 is 0. The minimum Gasteiger partial charge on any atom is -0.481 e. The summed E-state index contributed by atoms with van der Waals surface area (Å²) in [4.78, 5) is 44.7. The summed E-state index contributed by atoms with van der Waals surface area (Å²) in [5, 5.41) is 28.9. The zero-order valence-corrected chi connectivity index (χ0v) is 21.6. The molecule has 10 heteroatoms.